The van der Waals surface area contributed by atoms with E-state index < -0.39 is 0 Å². The number of benzene rings is 2. The number of hydrogen-bond donors (Lipinski definition) is 1. The second kappa shape index (κ2) is 8.81. The van der Waals surface area contributed by atoms with Crippen molar-refractivity contribution in [2.45, 2.75) is 18.5 Å². The van der Waals surface area contributed by atoms with Crippen molar-refractivity contribution in [1.29, 1.82) is 0 Å². The van der Waals surface area contributed by atoms with Crippen molar-refractivity contribution < 1.29 is 4.79 Å². The Hall–Kier alpha value is -1.91. The summed E-state index contributed by atoms with van der Waals surface area (Å²) >= 11 is 3.58. The third-order valence-corrected chi connectivity index (χ3v) is 4.72. The highest BCUT2D eigenvalue weighted by Crippen LogP contribution is 2.30. The molecule has 0 aromatic heterocycles. The van der Waals surface area contributed by atoms with Crippen LogP contribution in [0, 0.1) is 0 Å². The molecule has 126 valence electrons. The molecule has 1 N–H and O–H groups in total. The van der Waals surface area contributed by atoms with Crippen LogP contribution in [0.3, 0.4) is 0 Å². The quantitative estimate of drug-likeness (QED) is 0.730. The van der Waals surface area contributed by atoms with Gasteiger partial charge in [-0.15, -0.1) is 6.58 Å². The minimum Gasteiger partial charge on any atom is -0.351 e. The van der Waals surface area contributed by atoms with E-state index in [1.165, 1.54) is 0 Å². The van der Waals surface area contributed by atoms with Crippen LogP contribution in [0.25, 0.3) is 0 Å². The van der Waals surface area contributed by atoms with Gasteiger partial charge in [-0.05, 0) is 31.3 Å². The number of halogens is 1. The van der Waals surface area contributed by atoms with Crippen LogP contribution in [-0.2, 0) is 11.3 Å². The number of carbonyl (C=O) groups is 1. The van der Waals surface area contributed by atoms with Gasteiger partial charge in [-0.2, -0.15) is 0 Å². The number of hydrogen-bond acceptors (Lipinski definition) is 2. The summed E-state index contributed by atoms with van der Waals surface area (Å²) in [5.74, 6) is -0.115. The summed E-state index contributed by atoms with van der Waals surface area (Å²) < 4.78 is 0.984. The molecule has 2 rings (SSSR count). The third-order valence-electron chi connectivity index (χ3n) is 3.99. The molecule has 2 atom stereocenters. The molecule has 0 heterocycles. The molecule has 1 amide bonds. The van der Waals surface area contributed by atoms with E-state index in [1.807, 2.05) is 79.7 Å². The van der Waals surface area contributed by atoms with E-state index in [1.54, 1.807) is 0 Å². The molecule has 0 aliphatic carbocycles. The van der Waals surface area contributed by atoms with Gasteiger partial charge in [0.1, 0.15) is 0 Å². The van der Waals surface area contributed by atoms with Gasteiger partial charge in [0.2, 0.25) is 5.91 Å². The summed E-state index contributed by atoms with van der Waals surface area (Å²) in [6.07, 6.45) is 1.84. The van der Waals surface area contributed by atoms with E-state index in [0.717, 1.165) is 15.6 Å². The minimum absolute atomic E-state index is 0.00972. The fourth-order valence-electron chi connectivity index (χ4n) is 2.78. The molecule has 2 aromatic rings. The average molecular weight is 387 g/mol. The molecular formula is C20H23BrN2O. The average Bonchev–Trinajstić information content (AvgIpc) is 2.59. The molecule has 2 aromatic carbocycles. The number of rotatable bonds is 7. The Morgan fingerprint density at radius 3 is 2.38 bits per heavy atom. The maximum atomic E-state index is 12.8. The van der Waals surface area contributed by atoms with Crippen LogP contribution in [0.2, 0.25) is 0 Å². The van der Waals surface area contributed by atoms with Crippen molar-refractivity contribution in [1.82, 2.24) is 10.2 Å². The first-order chi connectivity index (χ1) is 11.5. The first-order valence-electron chi connectivity index (χ1n) is 7.89. The lowest BCUT2D eigenvalue weighted by Gasteiger charge is -2.30. The van der Waals surface area contributed by atoms with Crippen LogP contribution >= 0.6 is 15.9 Å². The van der Waals surface area contributed by atoms with Crippen LogP contribution < -0.4 is 5.32 Å². The molecular weight excluding hydrogens is 364 g/mol. The van der Waals surface area contributed by atoms with Gasteiger partial charge in [0.15, 0.2) is 0 Å². The number of amides is 1. The van der Waals surface area contributed by atoms with Gasteiger partial charge in [0, 0.05) is 16.9 Å². The van der Waals surface area contributed by atoms with Gasteiger partial charge >= 0.3 is 0 Å². The van der Waals surface area contributed by atoms with Crippen LogP contribution in [0.1, 0.15) is 17.0 Å². The lowest BCUT2D eigenvalue weighted by atomic mass is 9.90. The zero-order valence-corrected chi connectivity index (χ0v) is 15.7. The van der Waals surface area contributed by atoms with Crippen LogP contribution in [0.15, 0.2) is 71.7 Å². The largest absolute Gasteiger partial charge is 0.351 e. The first kappa shape index (κ1) is 18.4. The summed E-state index contributed by atoms with van der Waals surface area (Å²) in [7, 11) is 3.83. The van der Waals surface area contributed by atoms with Gasteiger partial charge < -0.3 is 5.32 Å². The van der Waals surface area contributed by atoms with E-state index in [-0.39, 0.29) is 17.9 Å². The lowest BCUT2D eigenvalue weighted by Crippen LogP contribution is -2.46. The molecule has 3 nitrogen and oxygen atoms in total. The number of nitrogens with zero attached hydrogens (tertiary/aromatic N) is 1. The molecule has 0 aliphatic rings. The zero-order chi connectivity index (χ0) is 17.5. The van der Waals surface area contributed by atoms with Crippen LogP contribution in [-0.4, -0.2) is 30.9 Å². The SMILES string of the molecule is C=C[C@@H](c1ccccc1Br)[C@@H](C(=O)NCc1ccccc1)N(C)C. The van der Waals surface area contributed by atoms with Crippen molar-refractivity contribution in [2.75, 3.05) is 14.1 Å². The van der Waals surface area contributed by atoms with Crippen molar-refractivity contribution in [3.05, 3.63) is 82.9 Å². The maximum Gasteiger partial charge on any atom is 0.238 e. The van der Waals surface area contributed by atoms with Gasteiger partial charge in [0.25, 0.3) is 0 Å². The summed E-state index contributed by atoms with van der Waals surface area (Å²) in [6.45, 7) is 4.47. The maximum absolute atomic E-state index is 12.8. The predicted molar refractivity (Wildman–Crippen MR) is 103 cm³/mol. The summed E-state index contributed by atoms with van der Waals surface area (Å²) in [5.41, 5.74) is 2.14. The Morgan fingerprint density at radius 2 is 1.79 bits per heavy atom. The lowest BCUT2D eigenvalue weighted by molar-refractivity contribution is -0.126. The molecule has 24 heavy (non-hydrogen) atoms. The molecule has 0 aliphatic heterocycles. The zero-order valence-electron chi connectivity index (χ0n) is 14.1. The van der Waals surface area contributed by atoms with Gasteiger partial charge in [-0.3, -0.25) is 9.69 Å². The van der Waals surface area contributed by atoms with Gasteiger partial charge in [-0.1, -0.05) is 70.5 Å². The number of likely N-dealkylation sites (N-methyl/N-ethyl adjacent to an activating group) is 1. The minimum atomic E-state index is -0.329. The van der Waals surface area contributed by atoms with E-state index in [9.17, 15) is 4.79 Å². The molecule has 0 radical (unpaired) electrons. The molecule has 4 heteroatoms. The second-order valence-electron chi connectivity index (χ2n) is 5.89. The van der Waals surface area contributed by atoms with Gasteiger partial charge in [-0.25, -0.2) is 0 Å². The third kappa shape index (κ3) is 4.56. The molecule has 0 saturated heterocycles. The predicted octanol–water partition coefficient (Wildman–Crippen LogP) is 3.97. The van der Waals surface area contributed by atoms with Crippen LogP contribution in [0.5, 0.6) is 0 Å². The first-order valence-corrected chi connectivity index (χ1v) is 8.69. The Balaban J connectivity index is 2.19. The second-order valence-corrected chi connectivity index (χ2v) is 6.75. The molecule has 0 spiro atoms. The highest BCUT2D eigenvalue weighted by atomic mass is 79.9. The normalized spacial score (nSPS) is 13.3. The van der Waals surface area contributed by atoms with E-state index in [2.05, 4.69) is 27.8 Å². The van der Waals surface area contributed by atoms with E-state index in [0.29, 0.717) is 6.54 Å². The monoisotopic (exact) mass is 386 g/mol. The Morgan fingerprint density at radius 1 is 1.17 bits per heavy atom. The van der Waals surface area contributed by atoms with E-state index >= 15 is 0 Å². The van der Waals surface area contributed by atoms with Gasteiger partial charge in [0.05, 0.1) is 6.04 Å². The topological polar surface area (TPSA) is 32.3 Å². The van der Waals surface area contributed by atoms with Crippen molar-refractivity contribution in [2.24, 2.45) is 0 Å². The molecule has 0 bridgehead atoms. The van der Waals surface area contributed by atoms with Crippen LogP contribution in [0.4, 0.5) is 0 Å². The smallest absolute Gasteiger partial charge is 0.238 e. The summed E-state index contributed by atoms with van der Waals surface area (Å²) in [6, 6.07) is 17.5. The molecule has 0 unspecified atom stereocenters. The van der Waals surface area contributed by atoms with Crippen molar-refractivity contribution in [3.63, 3.8) is 0 Å². The number of carbonyl (C=O) groups excluding carboxylic acids is 1. The molecule has 0 fully saturated rings. The Bertz CT molecular complexity index is 685. The highest BCUT2D eigenvalue weighted by molar-refractivity contribution is 9.10. The van der Waals surface area contributed by atoms with Crippen molar-refractivity contribution in [3.8, 4) is 0 Å². The fourth-order valence-corrected chi connectivity index (χ4v) is 3.33. The fraction of sp³-hybridized carbons (Fsp3) is 0.250. The van der Waals surface area contributed by atoms with E-state index in [4.69, 9.17) is 0 Å². The Labute approximate surface area is 152 Å². The van der Waals surface area contributed by atoms with Crippen molar-refractivity contribution >= 4 is 21.8 Å². The number of nitrogens with one attached hydrogen (secondary N) is 1. The molecule has 0 saturated carbocycles. The Kier molecular flexibility index (Phi) is 6.76. The highest BCUT2D eigenvalue weighted by Gasteiger charge is 2.30. The summed E-state index contributed by atoms with van der Waals surface area (Å²) in [5, 5.41) is 3.04. The summed E-state index contributed by atoms with van der Waals surface area (Å²) in [4.78, 5) is 14.8. The standard InChI is InChI=1S/C20H23BrN2O/c1-4-16(17-12-8-9-13-18(17)21)19(23(2)3)20(24)22-14-15-10-6-5-7-11-15/h4-13,16,19H,1,14H2,2-3H3,(H,22,24)/t16-,19-/m0/s1.